The number of hydrogen-bond donors (Lipinski definition) is 2. The Labute approximate surface area is 133 Å². The van der Waals surface area contributed by atoms with Crippen molar-refractivity contribution in [3.8, 4) is 0 Å². The zero-order valence-corrected chi connectivity index (χ0v) is 13.3. The number of hydrogen-bond acceptors (Lipinski definition) is 2. The van der Waals surface area contributed by atoms with E-state index in [1.807, 2.05) is 6.92 Å². The smallest absolute Gasteiger partial charge is 0.333 e. The quantitative estimate of drug-likeness (QED) is 0.869. The van der Waals surface area contributed by atoms with Crippen LogP contribution < -0.4 is 5.32 Å². The van der Waals surface area contributed by atoms with E-state index in [0.29, 0.717) is 16.5 Å². The van der Waals surface area contributed by atoms with Crippen LogP contribution in [0.5, 0.6) is 0 Å². The van der Waals surface area contributed by atoms with Crippen LogP contribution >= 0.6 is 23.2 Å². The summed E-state index contributed by atoms with van der Waals surface area (Å²) in [5.41, 5.74) is -1.14. The Morgan fingerprint density at radius 2 is 1.95 bits per heavy atom. The van der Waals surface area contributed by atoms with Gasteiger partial charge >= 0.3 is 5.97 Å². The van der Waals surface area contributed by atoms with E-state index < -0.39 is 11.5 Å². The van der Waals surface area contributed by atoms with Crippen LogP contribution in [0.3, 0.4) is 0 Å². The third-order valence-electron chi connectivity index (χ3n) is 4.04. The molecule has 1 aromatic carbocycles. The first-order valence-corrected chi connectivity index (χ1v) is 7.52. The predicted molar refractivity (Wildman–Crippen MR) is 81.5 cm³/mol. The van der Waals surface area contributed by atoms with E-state index in [-0.39, 0.29) is 16.8 Å². The van der Waals surface area contributed by atoms with Gasteiger partial charge in [0.05, 0.1) is 10.0 Å². The second-order valence-electron chi connectivity index (χ2n) is 5.67. The van der Waals surface area contributed by atoms with Gasteiger partial charge in [0.25, 0.3) is 0 Å². The van der Waals surface area contributed by atoms with Gasteiger partial charge in [0.1, 0.15) is 0 Å². The number of carbonyl (C=O) groups is 2. The third kappa shape index (κ3) is 3.33. The summed E-state index contributed by atoms with van der Waals surface area (Å²) in [6.45, 7) is 3.27. The van der Waals surface area contributed by atoms with Crippen LogP contribution in [0.4, 0.5) is 0 Å². The van der Waals surface area contributed by atoms with Crippen LogP contribution in [-0.2, 0) is 15.1 Å². The SMILES string of the molecule is CC(C(=O)NC(C)(C(=O)O)c1ccc(Cl)c(Cl)c1)C1CC1. The summed E-state index contributed by atoms with van der Waals surface area (Å²) in [6.07, 6.45) is 2.04. The van der Waals surface area contributed by atoms with E-state index in [1.54, 1.807) is 6.07 Å². The molecule has 0 heterocycles. The fourth-order valence-electron chi connectivity index (χ4n) is 2.23. The number of rotatable bonds is 5. The molecule has 114 valence electrons. The van der Waals surface area contributed by atoms with Crippen molar-refractivity contribution in [2.45, 2.75) is 32.2 Å². The molecule has 1 aliphatic carbocycles. The number of carboxylic acid groups (broad SMARTS) is 1. The average molecular weight is 330 g/mol. The Morgan fingerprint density at radius 3 is 2.43 bits per heavy atom. The van der Waals surface area contributed by atoms with Gasteiger partial charge in [-0.05, 0) is 43.4 Å². The lowest BCUT2D eigenvalue weighted by atomic mass is 9.90. The fraction of sp³-hybridized carbons (Fsp3) is 0.467. The van der Waals surface area contributed by atoms with Crippen molar-refractivity contribution in [3.05, 3.63) is 33.8 Å². The molecule has 2 atom stereocenters. The maximum absolute atomic E-state index is 12.2. The summed E-state index contributed by atoms with van der Waals surface area (Å²) in [5.74, 6) is -1.23. The number of halogens is 2. The Kier molecular flexibility index (Phi) is 4.49. The number of aliphatic carboxylic acids is 1. The average Bonchev–Trinajstić information content (AvgIpc) is 3.24. The Balaban J connectivity index is 2.28. The molecular weight excluding hydrogens is 313 g/mol. The molecule has 2 N–H and O–H groups in total. The monoisotopic (exact) mass is 329 g/mol. The first kappa shape index (κ1) is 16.1. The minimum atomic E-state index is -1.53. The molecule has 0 radical (unpaired) electrons. The zero-order chi connectivity index (χ0) is 15.8. The molecular formula is C15H17Cl2NO3. The molecule has 2 rings (SSSR count). The summed E-state index contributed by atoms with van der Waals surface area (Å²) >= 11 is 11.8. The lowest BCUT2D eigenvalue weighted by molar-refractivity contribution is -0.148. The van der Waals surface area contributed by atoms with Crippen LogP contribution in [0.2, 0.25) is 10.0 Å². The van der Waals surface area contributed by atoms with E-state index in [4.69, 9.17) is 23.2 Å². The van der Waals surface area contributed by atoms with Crippen molar-refractivity contribution in [2.24, 2.45) is 11.8 Å². The number of amides is 1. The molecule has 1 fully saturated rings. The number of carboxylic acids is 1. The molecule has 1 aliphatic rings. The topological polar surface area (TPSA) is 66.4 Å². The van der Waals surface area contributed by atoms with Gasteiger partial charge in [-0.1, -0.05) is 36.2 Å². The Morgan fingerprint density at radius 1 is 1.33 bits per heavy atom. The molecule has 6 heteroatoms. The fourth-order valence-corrected chi connectivity index (χ4v) is 2.52. The van der Waals surface area contributed by atoms with Crippen LogP contribution in [0.25, 0.3) is 0 Å². The molecule has 1 saturated carbocycles. The van der Waals surface area contributed by atoms with Crippen molar-refractivity contribution >= 4 is 35.1 Å². The van der Waals surface area contributed by atoms with Gasteiger partial charge in [0, 0.05) is 5.92 Å². The van der Waals surface area contributed by atoms with Gasteiger partial charge in [0.2, 0.25) is 5.91 Å². The van der Waals surface area contributed by atoms with E-state index >= 15 is 0 Å². The van der Waals surface area contributed by atoms with E-state index in [1.165, 1.54) is 19.1 Å². The molecule has 4 nitrogen and oxygen atoms in total. The first-order valence-electron chi connectivity index (χ1n) is 6.76. The maximum atomic E-state index is 12.2. The van der Waals surface area contributed by atoms with Crippen molar-refractivity contribution in [2.75, 3.05) is 0 Å². The summed E-state index contributed by atoms with van der Waals surface area (Å²) in [6, 6.07) is 4.56. The minimum Gasteiger partial charge on any atom is -0.479 e. The lowest BCUT2D eigenvalue weighted by Crippen LogP contribution is -2.51. The van der Waals surface area contributed by atoms with Gasteiger partial charge in [0.15, 0.2) is 5.54 Å². The van der Waals surface area contributed by atoms with E-state index in [9.17, 15) is 14.7 Å². The Hall–Kier alpha value is -1.26. The second kappa shape index (κ2) is 5.85. The molecule has 21 heavy (non-hydrogen) atoms. The predicted octanol–water partition coefficient (Wildman–Crippen LogP) is 3.46. The standard InChI is InChI=1S/C15H17Cl2NO3/c1-8(9-3-4-9)13(19)18-15(2,14(20)21)10-5-6-11(16)12(17)7-10/h5-9H,3-4H2,1-2H3,(H,18,19)(H,20,21). The maximum Gasteiger partial charge on any atom is 0.333 e. The molecule has 0 bridgehead atoms. The summed E-state index contributed by atoms with van der Waals surface area (Å²) in [7, 11) is 0. The molecule has 2 unspecified atom stereocenters. The van der Waals surface area contributed by atoms with Gasteiger partial charge in [-0.3, -0.25) is 4.79 Å². The highest BCUT2D eigenvalue weighted by Gasteiger charge is 2.41. The molecule has 1 aromatic rings. The normalized spacial score (nSPS) is 18.7. The molecule has 0 aliphatic heterocycles. The second-order valence-corrected chi connectivity index (χ2v) is 6.49. The third-order valence-corrected chi connectivity index (χ3v) is 4.78. The van der Waals surface area contributed by atoms with Crippen molar-refractivity contribution in [3.63, 3.8) is 0 Å². The van der Waals surface area contributed by atoms with Crippen molar-refractivity contribution < 1.29 is 14.7 Å². The van der Waals surface area contributed by atoms with Crippen molar-refractivity contribution in [1.82, 2.24) is 5.32 Å². The van der Waals surface area contributed by atoms with Gasteiger partial charge < -0.3 is 10.4 Å². The highest BCUT2D eigenvalue weighted by atomic mass is 35.5. The van der Waals surface area contributed by atoms with Gasteiger partial charge in [-0.15, -0.1) is 0 Å². The van der Waals surface area contributed by atoms with E-state index in [0.717, 1.165) is 12.8 Å². The Bertz CT molecular complexity index is 586. The van der Waals surface area contributed by atoms with Crippen LogP contribution in [0, 0.1) is 11.8 Å². The van der Waals surface area contributed by atoms with Crippen LogP contribution in [-0.4, -0.2) is 17.0 Å². The molecule has 0 spiro atoms. The molecule has 0 aromatic heterocycles. The highest BCUT2D eigenvalue weighted by Crippen LogP contribution is 2.37. The number of carbonyl (C=O) groups excluding carboxylic acids is 1. The van der Waals surface area contributed by atoms with Crippen LogP contribution in [0.15, 0.2) is 18.2 Å². The summed E-state index contributed by atoms with van der Waals surface area (Å²) in [4.78, 5) is 23.9. The number of nitrogens with one attached hydrogen (secondary N) is 1. The minimum absolute atomic E-state index is 0.188. The van der Waals surface area contributed by atoms with Crippen LogP contribution in [0.1, 0.15) is 32.3 Å². The zero-order valence-electron chi connectivity index (χ0n) is 11.8. The highest BCUT2D eigenvalue weighted by molar-refractivity contribution is 6.42. The summed E-state index contributed by atoms with van der Waals surface area (Å²) in [5, 5.41) is 12.8. The first-order chi connectivity index (χ1) is 9.75. The van der Waals surface area contributed by atoms with Gasteiger partial charge in [-0.25, -0.2) is 4.79 Å². The van der Waals surface area contributed by atoms with Crippen molar-refractivity contribution in [1.29, 1.82) is 0 Å². The molecule has 0 saturated heterocycles. The molecule has 1 amide bonds. The lowest BCUT2D eigenvalue weighted by Gasteiger charge is -2.28. The number of benzene rings is 1. The van der Waals surface area contributed by atoms with E-state index in [2.05, 4.69) is 5.32 Å². The largest absolute Gasteiger partial charge is 0.479 e. The van der Waals surface area contributed by atoms with Gasteiger partial charge in [-0.2, -0.15) is 0 Å². The summed E-state index contributed by atoms with van der Waals surface area (Å²) < 4.78 is 0.